The predicted octanol–water partition coefficient (Wildman–Crippen LogP) is 1.00. The van der Waals surface area contributed by atoms with E-state index in [1.807, 2.05) is 6.92 Å². The summed E-state index contributed by atoms with van der Waals surface area (Å²) in [7, 11) is -3.54. The summed E-state index contributed by atoms with van der Waals surface area (Å²) < 4.78 is 32.3. The molecule has 0 aliphatic heterocycles. The van der Waals surface area contributed by atoms with Gasteiger partial charge in [-0.25, -0.2) is 13.1 Å². The third kappa shape index (κ3) is 6.56. The number of aromatic nitrogens is 2. The number of aromatic amines is 1. The van der Waals surface area contributed by atoms with Crippen LogP contribution in [0.5, 0.6) is 0 Å². The van der Waals surface area contributed by atoms with Crippen LogP contribution in [0.1, 0.15) is 38.7 Å². The molecule has 0 aromatic carbocycles. The monoisotopic (exact) mass is 318 g/mol. The van der Waals surface area contributed by atoms with Gasteiger partial charge < -0.3 is 10.1 Å². The lowest BCUT2D eigenvalue weighted by atomic mass is 10.3. The molecule has 0 bridgehead atoms. The summed E-state index contributed by atoms with van der Waals surface area (Å²) in [5.74, 6) is 0. The normalized spacial score (nSPS) is 11.9. The molecule has 0 atom stereocenters. The Kier molecular flexibility index (Phi) is 8.51. The van der Waals surface area contributed by atoms with Gasteiger partial charge in [0.25, 0.3) is 10.0 Å². The molecule has 7 nitrogen and oxygen atoms in total. The number of H-pyrrole nitrogens is 1. The first kappa shape index (κ1) is 18.1. The summed E-state index contributed by atoms with van der Waals surface area (Å²) in [4.78, 5) is 0. The number of hydrogen-bond acceptors (Lipinski definition) is 5. The topological polar surface area (TPSA) is 96.1 Å². The molecule has 0 spiro atoms. The van der Waals surface area contributed by atoms with Crippen molar-refractivity contribution < 1.29 is 13.2 Å². The van der Waals surface area contributed by atoms with Crippen LogP contribution in [0.15, 0.2) is 11.2 Å². The lowest BCUT2D eigenvalue weighted by Gasteiger charge is -2.08. The van der Waals surface area contributed by atoms with E-state index < -0.39 is 10.0 Å². The van der Waals surface area contributed by atoms with Crippen LogP contribution in [-0.4, -0.2) is 44.9 Å². The van der Waals surface area contributed by atoms with E-state index in [0.29, 0.717) is 31.7 Å². The van der Waals surface area contributed by atoms with E-state index in [1.165, 1.54) is 6.20 Å². The molecule has 0 unspecified atom stereocenters. The first-order chi connectivity index (χ1) is 10.1. The van der Waals surface area contributed by atoms with Crippen LogP contribution in [0, 0.1) is 0 Å². The van der Waals surface area contributed by atoms with Crippen LogP contribution in [0.25, 0.3) is 0 Å². The average molecular weight is 318 g/mol. The van der Waals surface area contributed by atoms with Gasteiger partial charge in [-0.3, -0.25) is 5.10 Å². The Morgan fingerprint density at radius 1 is 1.29 bits per heavy atom. The van der Waals surface area contributed by atoms with Crippen molar-refractivity contribution in [1.82, 2.24) is 20.2 Å². The smallest absolute Gasteiger partial charge is 0.257 e. The second-order valence-electron chi connectivity index (χ2n) is 4.72. The zero-order chi connectivity index (χ0) is 15.6. The summed E-state index contributed by atoms with van der Waals surface area (Å²) in [5, 5.41) is 9.58. The molecular weight excluding hydrogens is 292 g/mol. The molecular formula is C13H26N4O3S. The van der Waals surface area contributed by atoms with E-state index in [9.17, 15) is 8.42 Å². The minimum atomic E-state index is -3.54. The molecule has 8 heteroatoms. The fourth-order valence-electron chi connectivity index (χ4n) is 1.72. The first-order valence-electron chi connectivity index (χ1n) is 7.42. The van der Waals surface area contributed by atoms with Crippen molar-refractivity contribution >= 4 is 10.0 Å². The minimum Gasteiger partial charge on any atom is -0.381 e. The number of ether oxygens (including phenoxy) is 1. The Morgan fingerprint density at radius 3 is 2.76 bits per heavy atom. The molecule has 0 aliphatic carbocycles. The highest BCUT2D eigenvalue weighted by molar-refractivity contribution is 7.89. The molecule has 0 saturated heterocycles. The van der Waals surface area contributed by atoms with E-state index >= 15 is 0 Å². The first-order valence-corrected chi connectivity index (χ1v) is 8.90. The van der Waals surface area contributed by atoms with Gasteiger partial charge in [0.05, 0.1) is 6.20 Å². The maximum atomic E-state index is 12.2. The average Bonchev–Trinajstić information content (AvgIpc) is 2.93. The Balaban J connectivity index is 2.38. The van der Waals surface area contributed by atoms with Crippen LogP contribution < -0.4 is 10.0 Å². The summed E-state index contributed by atoms with van der Waals surface area (Å²) >= 11 is 0. The van der Waals surface area contributed by atoms with Crippen molar-refractivity contribution in [2.45, 2.75) is 44.7 Å². The molecule has 0 fully saturated rings. The molecule has 122 valence electrons. The lowest BCUT2D eigenvalue weighted by Crippen LogP contribution is -2.27. The van der Waals surface area contributed by atoms with E-state index in [-0.39, 0.29) is 5.03 Å². The molecule has 1 aromatic rings. The molecule has 0 aliphatic rings. The molecule has 1 heterocycles. The summed E-state index contributed by atoms with van der Waals surface area (Å²) in [6.45, 7) is 6.97. The van der Waals surface area contributed by atoms with Crippen LogP contribution in [0.2, 0.25) is 0 Å². The highest BCUT2D eigenvalue weighted by Gasteiger charge is 2.19. The van der Waals surface area contributed by atoms with Crippen molar-refractivity contribution in [3.05, 3.63) is 11.8 Å². The summed E-state index contributed by atoms with van der Waals surface area (Å²) in [5.41, 5.74) is 0.642. The van der Waals surface area contributed by atoms with Crippen molar-refractivity contribution in [2.75, 3.05) is 26.3 Å². The number of nitrogens with zero attached hydrogens (tertiary/aromatic N) is 1. The van der Waals surface area contributed by atoms with Crippen molar-refractivity contribution in [1.29, 1.82) is 0 Å². The van der Waals surface area contributed by atoms with E-state index in [4.69, 9.17) is 4.74 Å². The van der Waals surface area contributed by atoms with E-state index in [1.54, 1.807) is 0 Å². The number of rotatable bonds is 12. The number of nitrogens with one attached hydrogen (secondary N) is 3. The maximum Gasteiger partial charge on any atom is 0.257 e. The quantitative estimate of drug-likeness (QED) is 0.500. The largest absolute Gasteiger partial charge is 0.381 e. The van der Waals surface area contributed by atoms with E-state index in [2.05, 4.69) is 27.2 Å². The van der Waals surface area contributed by atoms with Crippen molar-refractivity contribution in [3.63, 3.8) is 0 Å². The van der Waals surface area contributed by atoms with E-state index in [0.717, 1.165) is 26.0 Å². The molecule has 1 rings (SSSR count). The molecule has 21 heavy (non-hydrogen) atoms. The lowest BCUT2D eigenvalue weighted by molar-refractivity contribution is 0.130. The van der Waals surface area contributed by atoms with Crippen LogP contribution >= 0.6 is 0 Å². The van der Waals surface area contributed by atoms with Gasteiger partial charge in [-0.2, -0.15) is 5.10 Å². The number of hydrogen-bond donors (Lipinski definition) is 3. The van der Waals surface area contributed by atoms with Crippen LogP contribution in [0.4, 0.5) is 0 Å². The Hall–Kier alpha value is -0.960. The van der Waals surface area contributed by atoms with Gasteiger partial charge >= 0.3 is 0 Å². The van der Waals surface area contributed by atoms with Crippen LogP contribution in [0.3, 0.4) is 0 Å². The zero-order valence-electron chi connectivity index (χ0n) is 12.8. The van der Waals surface area contributed by atoms with Gasteiger partial charge in [-0.1, -0.05) is 20.3 Å². The Morgan fingerprint density at radius 2 is 2.05 bits per heavy atom. The number of unbranched alkanes of at least 4 members (excludes halogenated alkanes) is 1. The molecule has 1 aromatic heterocycles. The summed E-state index contributed by atoms with van der Waals surface area (Å²) in [6, 6.07) is 0. The minimum absolute atomic E-state index is 0.135. The fraction of sp³-hybridized carbons (Fsp3) is 0.769. The second kappa shape index (κ2) is 9.88. The molecule has 3 N–H and O–H groups in total. The third-order valence-corrected chi connectivity index (χ3v) is 4.39. The third-order valence-electron chi connectivity index (χ3n) is 2.91. The van der Waals surface area contributed by atoms with Crippen molar-refractivity contribution in [3.8, 4) is 0 Å². The van der Waals surface area contributed by atoms with Gasteiger partial charge in [0.1, 0.15) is 0 Å². The zero-order valence-corrected chi connectivity index (χ0v) is 13.6. The van der Waals surface area contributed by atoms with Gasteiger partial charge in [0.2, 0.25) is 0 Å². The Bertz CT molecular complexity index is 487. The number of sulfonamides is 1. The predicted molar refractivity (Wildman–Crippen MR) is 81.5 cm³/mol. The fourth-order valence-corrected chi connectivity index (χ4v) is 2.92. The van der Waals surface area contributed by atoms with Gasteiger partial charge in [0.15, 0.2) is 5.03 Å². The molecule has 0 amide bonds. The Labute approximate surface area is 126 Å². The SMILES string of the molecule is CCCCOCCCNS(=O)(=O)c1[nH]ncc1CNCC. The molecule has 0 radical (unpaired) electrons. The standard InChI is InChI=1S/C13H26N4O3S/c1-3-5-8-20-9-6-7-16-21(18,19)13-12(10-14-4-2)11-15-17-13/h11,14,16H,3-10H2,1-2H3,(H,15,17). The van der Waals surface area contributed by atoms with Crippen LogP contribution in [-0.2, 0) is 21.3 Å². The van der Waals surface area contributed by atoms with Gasteiger partial charge in [0, 0.05) is 31.9 Å². The second-order valence-corrected chi connectivity index (χ2v) is 6.43. The molecule has 0 saturated carbocycles. The highest BCUT2D eigenvalue weighted by atomic mass is 32.2. The highest BCUT2D eigenvalue weighted by Crippen LogP contribution is 2.11. The van der Waals surface area contributed by atoms with Crippen molar-refractivity contribution in [2.24, 2.45) is 0 Å². The van der Waals surface area contributed by atoms with Gasteiger partial charge in [-0.15, -0.1) is 0 Å². The summed E-state index contributed by atoms with van der Waals surface area (Å²) in [6.07, 6.45) is 4.32. The maximum absolute atomic E-state index is 12.2. The van der Waals surface area contributed by atoms with Gasteiger partial charge in [-0.05, 0) is 19.4 Å².